The molecule has 0 unspecified atom stereocenters. The summed E-state index contributed by atoms with van der Waals surface area (Å²) in [5.74, 6) is 1.30. The highest BCUT2D eigenvalue weighted by Crippen LogP contribution is 2.36. The Bertz CT molecular complexity index is 728. The first-order chi connectivity index (χ1) is 11.9. The number of aryl methyl sites for hydroxylation is 1. The molecule has 0 aliphatic rings. The van der Waals surface area contributed by atoms with E-state index in [1.165, 1.54) is 16.7 Å². The number of hydrogen-bond donors (Lipinski definition) is 1. The van der Waals surface area contributed by atoms with Crippen LogP contribution in [0.4, 0.5) is 0 Å². The molecule has 0 saturated carbocycles. The van der Waals surface area contributed by atoms with E-state index in [9.17, 15) is 5.11 Å². The SMILES string of the molecule is CCCc1cc(Cc2c(C)c(I)c(O)c(I)c2C)ccc1OCOC. The molecule has 0 bridgehead atoms. The lowest BCUT2D eigenvalue weighted by Gasteiger charge is -2.17. The van der Waals surface area contributed by atoms with Gasteiger partial charge in [-0.25, -0.2) is 0 Å². The van der Waals surface area contributed by atoms with E-state index >= 15 is 0 Å². The molecule has 0 aliphatic heterocycles. The van der Waals surface area contributed by atoms with Gasteiger partial charge in [-0.2, -0.15) is 0 Å². The minimum absolute atomic E-state index is 0.266. The van der Waals surface area contributed by atoms with Crippen LogP contribution in [-0.4, -0.2) is 19.0 Å². The zero-order chi connectivity index (χ0) is 18.6. The molecule has 0 heterocycles. The maximum Gasteiger partial charge on any atom is 0.188 e. The molecule has 0 fully saturated rings. The van der Waals surface area contributed by atoms with Crippen LogP contribution in [0.25, 0.3) is 0 Å². The Morgan fingerprint density at radius 1 is 1.08 bits per heavy atom. The summed E-state index contributed by atoms with van der Waals surface area (Å²) in [5, 5.41) is 10.2. The van der Waals surface area contributed by atoms with Gasteiger partial charge in [-0.15, -0.1) is 0 Å². The maximum atomic E-state index is 10.2. The highest BCUT2D eigenvalue weighted by atomic mass is 127. The van der Waals surface area contributed by atoms with Gasteiger partial charge in [0, 0.05) is 7.11 Å². The Hall–Kier alpha value is -0.540. The monoisotopic (exact) mass is 566 g/mol. The second-order valence-electron chi connectivity index (χ2n) is 6.12. The summed E-state index contributed by atoms with van der Waals surface area (Å²) in [7, 11) is 1.63. The predicted molar refractivity (Wildman–Crippen MR) is 119 cm³/mol. The van der Waals surface area contributed by atoms with E-state index in [2.05, 4.69) is 78.1 Å². The van der Waals surface area contributed by atoms with E-state index in [4.69, 9.17) is 9.47 Å². The molecule has 0 saturated heterocycles. The molecular formula is C20H24I2O3. The summed E-state index contributed by atoms with van der Waals surface area (Å²) in [4.78, 5) is 0. The fourth-order valence-electron chi connectivity index (χ4n) is 2.94. The van der Waals surface area contributed by atoms with Crippen molar-refractivity contribution in [2.24, 2.45) is 0 Å². The molecule has 3 nitrogen and oxygen atoms in total. The summed E-state index contributed by atoms with van der Waals surface area (Å²) < 4.78 is 12.6. The third-order valence-electron chi connectivity index (χ3n) is 4.34. The summed E-state index contributed by atoms with van der Waals surface area (Å²) in [6.07, 6.45) is 2.90. The van der Waals surface area contributed by atoms with Gasteiger partial charge in [0.2, 0.25) is 0 Å². The summed E-state index contributed by atoms with van der Waals surface area (Å²) in [5.41, 5.74) is 6.09. The lowest BCUT2D eigenvalue weighted by atomic mass is 9.94. The van der Waals surface area contributed by atoms with Crippen molar-refractivity contribution in [3.63, 3.8) is 0 Å². The van der Waals surface area contributed by atoms with Gasteiger partial charge in [0.25, 0.3) is 0 Å². The third kappa shape index (κ3) is 4.80. The number of hydrogen-bond acceptors (Lipinski definition) is 3. The topological polar surface area (TPSA) is 38.7 Å². The van der Waals surface area contributed by atoms with Crippen LogP contribution in [0.3, 0.4) is 0 Å². The maximum absolute atomic E-state index is 10.2. The molecule has 0 spiro atoms. The second-order valence-corrected chi connectivity index (χ2v) is 8.28. The molecular weight excluding hydrogens is 542 g/mol. The van der Waals surface area contributed by atoms with Gasteiger partial charge in [0.1, 0.15) is 11.5 Å². The molecule has 2 rings (SSSR count). The number of ether oxygens (including phenoxy) is 2. The summed E-state index contributed by atoms with van der Waals surface area (Å²) in [6.45, 7) is 6.61. The number of benzene rings is 2. The second kappa shape index (κ2) is 9.41. The van der Waals surface area contributed by atoms with E-state index in [0.717, 1.165) is 43.3 Å². The molecule has 0 amide bonds. The molecule has 5 heteroatoms. The fourth-order valence-corrected chi connectivity index (χ4v) is 4.64. The van der Waals surface area contributed by atoms with Crippen LogP contribution < -0.4 is 4.74 Å². The van der Waals surface area contributed by atoms with Gasteiger partial charge < -0.3 is 14.6 Å². The van der Waals surface area contributed by atoms with Crippen molar-refractivity contribution >= 4 is 45.2 Å². The van der Waals surface area contributed by atoms with Crippen molar-refractivity contribution in [1.82, 2.24) is 0 Å². The Morgan fingerprint density at radius 2 is 1.72 bits per heavy atom. The quantitative estimate of drug-likeness (QED) is 0.343. The van der Waals surface area contributed by atoms with Gasteiger partial charge in [-0.1, -0.05) is 25.5 Å². The molecule has 136 valence electrons. The van der Waals surface area contributed by atoms with Crippen LogP contribution in [0.2, 0.25) is 0 Å². The minimum atomic E-state index is 0.266. The van der Waals surface area contributed by atoms with Gasteiger partial charge in [0.05, 0.1) is 7.14 Å². The number of aromatic hydroxyl groups is 1. The smallest absolute Gasteiger partial charge is 0.188 e. The van der Waals surface area contributed by atoms with E-state index in [1.54, 1.807) is 7.11 Å². The molecule has 0 radical (unpaired) electrons. The molecule has 0 aliphatic carbocycles. The summed E-state index contributed by atoms with van der Waals surface area (Å²) >= 11 is 4.46. The average Bonchev–Trinajstić information content (AvgIpc) is 2.61. The van der Waals surface area contributed by atoms with Crippen molar-refractivity contribution in [2.75, 3.05) is 13.9 Å². The molecule has 1 N–H and O–H groups in total. The van der Waals surface area contributed by atoms with Crippen LogP contribution in [0.15, 0.2) is 18.2 Å². The minimum Gasteiger partial charge on any atom is -0.506 e. The standard InChI is InChI=1S/C20H24I2O3/c1-5-6-15-9-14(7-8-17(15)25-11-24-4)10-16-12(2)18(21)20(23)19(22)13(16)3/h7-9,23H,5-6,10-11H2,1-4H3. The Balaban J connectivity index is 2.39. The molecule has 25 heavy (non-hydrogen) atoms. The number of phenolic OH excluding ortho intramolecular Hbond substituents is 1. The van der Waals surface area contributed by atoms with E-state index in [-0.39, 0.29) is 6.79 Å². The van der Waals surface area contributed by atoms with Crippen LogP contribution in [0.1, 0.15) is 41.2 Å². The van der Waals surface area contributed by atoms with Crippen molar-refractivity contribution < 1.29 is 14.6 Å². The third-order valence-corrected chi connectivity index (χ3v) is 6.98. The highest BCUT2D eigenvalue weighted by Gasteiger charge is 2.17. The largest absolute Gasteiger partial charge is 0.506 e. The van der Waals surface area contributed by atoms with Gasteiger partial charge in [0.15, 0.2) is 6.79 Å². The molecule has 2 aromatic rings. The van der Waals surface area contributed by atoms with E-state index in [0.29, 0.717) is 5.75 Å². The van der Waals surface area contributed by atoms with Crippen molar-refractivity contribution in [3.05, 3.63) is 53.2 Å². The Kier molecular flexibility index (Phi) is 7.82. The van der Waals surface area contributed by atoms with E-state index in [1.807, 2.05) is 6.07 Å². The number of rotatable bonds is 7. The van der Waals surface area contributed by atoms with Gasteiger partial charge in [-0.3, -0.25) is 0 Å². The first kappa shape index (κ1) is 20.8. The zero-order valence-electron chi connectivity index (χ0n) is 15.1. The zero-order valence-corrected chi connectivity index (χ0v) is 19.4. The molecule has 0 atom stereocenters. The Labute approximate surface area is 177 Å². The van der Waals surface area contributed by atoms with Crippen molar-refractivity contribution in [1.29, 1.82) is 0 Å². The average molecular weight is 566 g/mol. The van der Waals surface area contributed by atoms with Crippen LogP contribution >= 0.6 is 45.2 Å². The van der Waals surface area contributed by atoms with Crippen LogP contribution in [0, 0.1) is 21.0 Å². The highest BCUT2D eigenvalue weighted by molar-refractivity contribution is 14.1. The number of phenols is 1. The van der Waals surface area contributed by atoms with Crippen molar-refractivity contribution in [2.45, 2.75) is 40.0 Å². The van der Waals surface area contributed by atoms with Crippen LogP contribution in [0.5, 0.6) is 11.5 Å². The number of methoxy groups -OCH3 is 1. The Morgan fingerprint density at radius 3 is 2.28 bits per heavy atom. The normalized spacial score (nSPS) is 11.0. The van der Waals surface area contributed by atoms with Gasteiger partial charge in [-0.05, 0) is 106 Å². The first-order valence-corrected chi connectivity index (χ1v) is 10.5. The lowest BCUT2D eigenvalue weighted by molar-refractivity contribution is 0.0504. The first-order valence-electron chi connectivity index (χ1n) is 8.30. The van der Waals surface area contributed by atoms with E-state index < -0.39 is 0 Å². The van der Waals surface area contributed by atoms with Crippen molar-refractivity contribution in [3.8, 4) is 11.5 Å². The summed E-state index contributed by atoms with van der Waals surface area (Å²) in [6, 6.07) is 6.40. The van der Waals surface area contributed by atoms with Gasteiger partial charge >= 0.3 is 0 Å². The number of halogens is 2. The molecule has 0 aromatic heterocycles. The molecule has 2 aromatic carbocycles. The lowest BCUT2D eigenvalue weighted by Crippen LogP contribution is -2.04. The fraction of sp³-hybridized carbons (Fsp3) is 0.400. The predicted octanol–water partition coefficient (Wildman–Crippen LogP) is 5.74. The van der Waals surface area contributed by atoms with Crippen LogP contribution in [-0.2, 0) is 17.6 Å².